The fourth-order valence-corrected chi connectivity index (χ4v) is 4.05. The quantitative estimate of drug-likeness (QED) is 0.664. The van der Waals surface area contributed by atoms with Crippen molar-refractivity contribution in [3.63, 3.8) is 0 Å². The van der Waals surface area contributed by atoms with Crippen molar-refractivity contribution in [2.45, 2.75) is 32.0 Å². The summed E-state index contributed by atoms with van der Waals surface area (Å²) in [6.07, 6.45) is 6.83. The molecule has 3 aromatic rings. The molecule has 1 saturated heterocycles. The van der Waals surface area contributed by atoms with E-state index in [9.17, 15) is 0 Å². The fraction of sp³-hybridized carbons (Fsp3) is 0.286. The molecule has 0 unspecified atom stereocenters. The van der Waals surface area contributed by atoms with Crippen LogP contribution in [0.2, 0.25) is 0 Å². The van der Waals surface area contributed by atoms with Gasteiger partial charge in [-0.2, -0.15) is 0 Å². The van der Waals surface area contributed by atoms with Crippen molar-refractivity contribution in [2.75, 3.05) is 6.54 Å². The lowest BCUT2D eigenvalue weighted by atomic mass is 10.0. The van der Waals surface area contributed by atoms with Gasteiger partial charge in [0, 0.05) is 30.8 Å². The maximum absolute atomic E-state index is 5.67. The van der Waals surface area contributed by atoms with Gasteiger partial charge in [0.1, 0.15) is 0 Å². The van der Waals surface area contributed by atoms with Crippen LogP contribution in [0.15, 0.2) is 67.1 Å². The van der Waals surface area contributed by atoms with Crippen LogP contribution in [-0.2, 0) is 6.54 Å². The lowest BCUT2D eigenvalue weighted by Gasteiger charge is -2.28. The summed E-state index contributed by atoms with van der Waals surface area (Å²) in [6, 6.07) is 16.5. The van der Waals surface area contributed by atoms with Crippen LogP contribution >= 0.6 is 12.2 Å². The summed E-state index contributed by atoms with van der Waals surface area (Å²) in [5.41, 5.74) is 3.27. The van der Waals surface area contributed by atoms with Crippen molar-refractivity contribution in [1.82, 2.24) is 24.8 Å². The van der Waals surface area contributed by atoms with Crippen LogP contribution in [0.25, 0.3) is 0 Å². The van der Waals surface area contributed by atoms with Gasteiger partial charge in [0.05, 0.1) is 30.0 Å². The normalized spacial score (nSPS) is 19.3. The Kier molecular flexibility index (Phi) is 5.16. The second kappa shape index (κ2) is 7.88. The van der Waals surface area contributed by atoms with Crippen LogP contribution in [-0.4, -0.2) is 31.1 Å². The zero-order chi connectivity index (χ0) is 18.6. The Morgan fingerprint density at radius 1 is 1.04 bits per heavy atom. The van der Waals surface area contributed by atoms with Gasteiger partial charge in [-0.25, -0.2) is 0 Å². The van der Waals surface area contributed by atoms with E-state index in [0.29, 0.717) is 0 Å². The number of rotatable bonds is 6. The van der Waals surface area contributed by atoms with E-state index < -0.39 is 0 Å². The Morgan fingerprint density at radius 2 is 1.85 bits per heavy atom. The zero-order valence-corrected chi connectivity index (χ0v) is 16.1. The van der Waals surface area contributed by atoms with Crippen LogP contribution in [0.1, 0.15) is 42.5 Å². The topological polar surface area (TPSA) is 46.0 Å². The highest BCUT2D eigenvalue weighted by Gasteiger charge is 2.40. The minimum absolute atomic E-state index is 0.0302. The first-order chi connectivity index (χ1) is 13.3. The third-order valence-corrected chi connectivity index (χ3v) is 5.24. The maximum atomic E-state index is 5.67. The molecule has 1 N–H and O–H groups in total. The number of nitrogens with zero attached hydrogens (tertiary/aromatic N) is 4. The SMILES string of the molecule is CCCN1C(=S)N[C@@H](c2ccccn2)[C@H]1c1cccn1Cc1ccccn1. The Labute approximate surface area is 165 Å². The van der Waals surface area contributed by atoms with Crippen LogP contribution in [0.3, 0.4) is 0 Å². The Hall–Kier alpha value is -2.73. The fourth-order valence-electron chi connectivity index (χ4n) is 3.71. The van der Waals surface area contributed by atoms with Crippen molar-refractivity contribution in [1.29, 1.82) is 0 Å². The molecular weight excluding hydrogens is 354 g/mol. The standard InChI is InChI=1S/C21H23N5S/c1-2-13-26-20(19(24-21(26)27)17-9-4-6-12-23-17)18-10-7-14-25(18)15-16-8-3-5-11-22-16/h3-12,14,19-20H,2,13,15H2,1H3,(H,24,27)/t19-,20+/m0/s1. The average Bonchev–Trinajstić information content (AvgIpc) is 3.28. The molecule has 27 heavy (non-hydrogen) atoms. The van der Waals surface area contributed by atoms with Crippen LogP contribution < -0.4 is 5.32 Å². The molecule has 5 nitrogen and oxygen atoms in total. The van der Waals surface area contributed by atoms with E-state index in [-0.39, 0.29) is 12.1 Å². The third kappa shape index (κ3) is 3.57. The van der Waals surface area contributed by atoms with E-state index in [0.717, 1.165) is 36.0 Å². The molecule has 4 rings (SSSR count). The summed E-state index contributed by atoms with van der Waals surface area (Å²) in [5.74, 6) is 0. The highest BCUT2D eigenvalue weighted by atomic mass is 32.1. The molecule has 0 bridgehead atoms. The van der Waals surface area contributed by atoms with Gasteiger partial charge in [-0.3, -0.25) is 9.97 Å². The first-order valence-electron chi connectivity index (χ1n) is 9.31. The molecule has 0 aromatic carbocycles. The molecule has 1 fully saturated rings. The number of pyridine rings is 2. The summed E-state index contributed by atoms with van der Waals surface area (Å²) >= 11 is 5.67. The summed E-state index contributed by atoms with van der Waals surface area (Å²) in [7, 11) is 0. The number of nitrogens with one attached hydrogen (secondary N) is 1. The summed E-state index contributed by atoms with van der Waals surface area (Å²) in [6.45, 7) is 3.83. The molecule has 0 spiro atoms. The van der Waals surface area contributed by atoms with Gasteiger partial charge in [0.15, 0.2) is 5.11 Å². The van der Waals surface area contributed by atoms with Crippen molar-refractivity contribution in [2.24, 2.45) is 0 Å². The monoisotopic (exact) mass is 377 g/mol. The lowest BCUT2D eigenvalue weighted by molar-refractivity contribution is 0.304. The van der Waals surface area contributed by atoms with E-state index in [4.69, 9.17) is 12.2 Å². The molecule has 1 aliphatic rings. The molecule has 0 radical (unpaired) electrons. The minimum Gasteiger partial charge on any atom is -0.352 e. The molecule has 0 aliphatic carbocycles. The van der Waals surface area contributed by atoms with Gasteiger partial charge in [0.25, 0.3) is 0 Å². The molecule has 138 valence electrons. The van der Waals surface area contributed by atoms with Crippen molar-refractivity contribution in [3.8, 4) is 0 Å². The number of aromatic nitrogens is 3. The van der Waals surface area contributed by atoms with Gasteiger partial charge in [-0.05, 0) is 55.0 Å². The molecule has 6 heteroatoms. The highest BCUT2D eigenvalue weighted by Crippen LogP contribution is 2.38. The molecular formula is C21H23N5S. The molecule has 0 amide bonds. The van der Waals surface area contributed by atoms with Crippen LogP contribution in [0, 0.1) is 0 Å². The largest absolute Gasteiger partial charge is 0.352 e. The third-order valence-electron chi connectivity index (χ3n) is 4.89. The Bertz CT molecular complexity index is 893. The number of hydrogen-bond acceptors (Lipinski definition) is 3. The van der Waals surface area contributed by atoms with Gasteiger partial charge in [0.2, 0.25) is 0 Å². The lowest BCUT2D eigenvalue weighted by Crippen LogP contribution is -2.31. The molecule has 3 aromatic heterocycles. The summed E-state index contributed by atoms with van der Waals surface area (Å²) < 4.78 is 2.27. The second-order valence-electron chi connectivity index (χ2n) is 6.70. The van der Waals surface area contributed by atoms with Gasteiger partial charge in [-0.1, -0.05) is 19.1 Å². The van der Waals surface area contributed by atoms with Gasteiger partial charge in [-0.15, -0.1) is 0 Å². The van der Waals surface area contributed by atoms with E-state index in [1.807, 2.05) is 36.7 Å². The second-order valence-corrected chi connectivity index (χ2v) is 7.09. The van der Waals surface area contributed by atoms with Crippen LogP contribution in [0.4, 0.5) is 0 Å². The van der Waals surface area contributed by atoms with Crippen molar-refractivity contribution >= 4 is 17.3 Å². The predicted octanol–water partition coefficient (Wildman–Crippen LogP) is 3.71. The highest BCUT2D eigenvalue weighted by molar-refractivity contribution is 7.80. The van der Waals surface area contributed by atoms with Gasteiger partial charge < -0.3 is 14.8 Å². The van der Waals surface area contributed by atoms with E-state index in [2.05, 4.69) is 62.1 Å². The van der Waals surface area contributed by atoms with E-state index >= 15 is 0 Å². The van der Waals surface area contributed by atoms with Crippen molar-refractivity contribution < 1.29 is 0 Å². The van der Waals surface area contributed by atoms with Gasteiger partial charge >= 0.3 is 0 Å². The summed E-state index contributed by atoms with van der Waals surface area (Å²) in [5, 5.41) is 4.29. The minimum atomic E-state index is 0.0302. The predicted molar refractivity (Wildman–Crippen MR) is 110 cm³/mol. The number of thiocarbonyl (C=S) groups is 1. The first-order valence-corrected chi connectivity index (χ1v) is 9.71. The first kappa shape index (κ1) is 17.7. The average molecular weight is 378 g/mol. The molecule has 1 aliphatic heterocycles. The Balaban J connectivity index is 1.72. The van der Waals surface area contributed by atoms with Crippen molar-refractivity contribution in [3.05, 3.63) is 84.2 Å². The molecule has 2 atom stereocenters. The zero-order valence-electron chi connectivity index (χ0n) is 15.3. The Morgan fingerprint density at radius 3 is 2.56 bits per heavy atom. The van der Waals surface area contributed by atoms with Crippen LogP contribution in [0.5, 0.6) is 0 Å². The van der Waals surface area contributed by atoms with E-state index in [1.165, 1.54) is 5.69 Å². The smallest absolute Gasteiger partial charge is 0.170 e. The molecule has 0 saturated carbocycles. The molecule has 4 heterocycles. The number of hydrogen-bond donors (Lipinski definition) is 1. The van der Waals surface area contributed by atoms with E-state index in [1.54, 1.807) is 0 Å². The maximum Gasteiger partial charge on any atom is 0.170 e. The summed E-state index contributed by atoms with van der Waals surface area (Å²) in [4.78, 5) is 11.4.